The van der Waals surface area contributed by atoms with Gasteiger partial charge in [0.25, 0.3) is 0 Å². The van der Waals surface area contributed by atoms with Crippen LogP contribution in [0.25, 0.3) is 0 Å². The number of carboxylic acid groups (broad SMARTS) is 1. The summed E-state index contributed by atoms with van der Waals surface area (Å²) in [5.41, 5.74) is 1.40. The van der Waals surface area contributed by atoms with Crippen molar-refractivity contribution in [1.82, 2.24) is 19.7 Å². The molecule has 1 N–H and O–H groups in total. The first-order valence-electron chi connectivity index (χ1n) is 7.54. The summed E-state index contributed by atoms with van der Waals surface area (Å²) in [4.78, 5) is 28.7. The van der Waals surface area contributed by atoms with Gasteiger partial charge in [-0.3, -0.25) is 4.79 Å². The molecule has 1 unspecified atom stereocenters. The predicted octanol–water partition coefficient (Wildman–Crippen LogP) is 1.07. The van der Waals surface area contributed by atoms with Gasteiger partial charge < -0.3 is 10.0 Å². The Morgan fingerprint density at radius 2 is 2.04 bits per heavy atom. The molecule has 1 fully saturated rings. The molecule has 7 heteroatoms. The summed E-state index contributed by atoms with van der Waals surface area (Å²) < 4.78 is 1.53. The lowest BCUT2D eigenvalue weighted by Crippen LogP contribution is -2.32. The highest BCUT2D eigenvalue weighted by molar-refractivity contribution is 5.87. The van der Waals surface area contributed by atoms with Crippen molar-refractivity contribution >= 4 is 11.9 Å². The van der Waals surface area contributed by atoms with Crippen molar-refractivity contribution in [3.05, 3.63) is 48.0 Å². The van der Waals surface area contributed by atoms with E-state index in [0.29, 0.717) is 11.5 Å². The maximum absolute atomic E-state index is 12.2. The second kappa shape index (κ2) is 6.60. The van der Waals surface area contributed by atoms with Crippen LogP contribution in [-0.4, -0.2) is 49.7 Å². The zero-order chi connectivity index (χ0) is 16.2. The van der Waals surface area contributed by atoms with Gasteiger partial charge in [0.1, 0.15) is 19.2 Å². The molecule has 0 bridgehead atoms. The number of nitrogens with zero attached hydrogens (tertiary/aromatic N) is 4. The minimum atomic E-state index is -0.915. The van der Waals surface area contributed by atoms with E-state index in [1.165, 1.54) is 17.3 Å². The standard InChI is InChI=1S/C16H18N4O3/c21-15(9-20-11-17-10-18-20)19-6-5-13(8-19)7-12-1-3-14(4-2-12)16(22)23/h1-4,10-11,13H,5-9H2,(H,22,23). The van der Waals surface area contributed by atoms with Gasteiger partial charge in [0.05, 0.1) is 5.56 Å². The van der Waals surface area contributed by atoms with Crippen LogP contribution in [0.15, 0.2) is 36.9 Å². The van der Waals surface area contributed by atoms with E-state index >= 15 is 0 Å². The van der Waals surface area contributed by atoms with Crippen molar-refractivity contribution in [2.75, 3.05) is 13.1 Å². The van der Waals surface area contributed by atoms with Gasteiger partial charge >= 0.3 is 5.97 Å². The highest BCUT2D eigenvalue weighted by atomic mass is 16.4. The van der Waals surface area contributed by atoms with Crippen molar-refractivity contribution in [3.8, 4) is 0 Å². The Morgan fingerprint density at radius 3 is 2.70 bits per heavy atom. The Balaban J connectivity index is 1.53. The van der Waals surface area contributed by atoms with E-state index < -0.39 is 5.97 Å². The van der Waals surface area contributed by atoms with Gasteiger partial charge in [-0.05, 0) is 36.5 Å². The minimum Gasteiger partial charge on any atom is -0.478 e. The first-order valence-corrected chi connectivity index (χ1v) is 7.54. The number of likely N-dealkylation sites (tertiary alicyclic amines) is 1. The average molecular weight is 314 g/mol. The number of amides is 1. The van der Waals surface area contributed by atoms with E-state index in [9.17, 15) is 9.59 Å². The molecule has 1 aromatic carbocycles. The van der Waals surface area contributed by atoms with Crippen LogP contribution in [0.4, 0.5) is 0 Å². The van der Waals surface area contributed by atoms with E-state index in [1.807, 2.05) is 17.0 Å². The Morgan fingerprint density at radius 1 is 1.26 bits per heavy atom. The molecule has 1 saturated heterocycles. The number of carboxylic acids is 1. The number of rotatable bonds is 5. The molecule has 7 nitrogen and oxygen atoms in total. The first kappa shape index (κ1) is 15.2. The molecule has 23 heavy (non-hydrogen) atoms. The fraction of sp³-hybridized carbons (Fsp3) is 0.375. The summed E-state index contributed by atoms with van der Waals surface area (Å²) in [5.74, 6) is -0.452. The molecule has 1 atom stereocenters. The van der Waals surface area contributed by atoms with Crippen molar-refractivity contribution in [2.45, 2.75) is 19.4 Å². The summed E-state index contributed by atoms with van der Waals surface area (Å²) in [6, 6.07) is 6.95. The molecule has 3 rings (SSSR count). The fourth-order valence-corrected chi connectivity index (χ4v) is 2.90. The number of aromatic carboxylic acids is 1. The zero-order valence-corrected chi connectivity index (χ0v) is 12.6. The van der Waals surface area contributed by atoms with Gasteiger partial charge in [0.15, 0.2) is 0 Å². The van der Waals surface area contributed by atoms with Crippen LogP contribution in [0, 0.1) is 5.92 Å². The van der Waals surface area contributed by atoms with E-state index in [-0.39, 0.29) is 12.5 Å². The SMILES string of the molecule is O=C(O)c1ccc(CC2CCN(C(=O)Cn3cncn3)C2)cc1. The fourth-order valence-electron chi connectivity index (χ4n) is 2.90. The molecule has 2 aromatic rings. The monoisotopic (exact) mass is 314 g/mol. The van der Waals surface area contributed by atoms with Gasteiger partial charge in [-0.1, -0.05) is 12.1 Å². The second-order valence-corrected chi connectivity index (χ2v) is 5.79. The summed E-state index contributed by atoms with van der Waals surface area (Å²) in [6.45, 7) is 1.71. The highest BCUT2D eigenvalue weighted by Gasteiger charge is 2.26. The topological polar surface area (TPSA) is 88.3 Å². The second-order valence-electron chi connectivity index (χ2n) is 5.79. The number of hydrogen-bond acceptors (Lipinski definition) is 4. The van der Waals surface area contributed by atoms with E-state index in [1.54, 1.807) is 12.1 Å². The quantitative estimate of drug-likeness (QED) is 0.892. The predicted molar refractivity (Wildman–Crippen MR) is 81.8 cm³/mol. The van der Waals surface area contributed by atoms with Crippen LogP contribution in [0.2, 0.25) is 0 Å². The van der Waals surface area contributed by atoms with Gasteiger partial charge in [-0.25, -0.2) is 14.5 Å². The molecule has 1 aromatic heterocycles. The third-order valence-corrected chi connectivity index (χ3v) is 4.13. The number of carbonyl (C=O) groups excluding carboxylic acids is 1. The van der Waals surface area contributed by atoms with Gasteiger partial charge in [0.2, 0.25) is 5.91 Å². The van der Waals surface area contributed by atoms with Crippen LogP contribution in [0.1, 0.15) is 22.3 Å². The maximum Gasteiger partial charge on any atom is 0.335 e. The molecule has 0 saturated carbocycles. The van der Waals surface area contributed by atoms with Crippen molar-refractivity contribution in [2.24, 2.45) is 5.92 Å². The third kappa shape index (κ3) is 3.74. The van der Waals surface area contributed by atoms with Gasteiger partial charge in [-0.2, -0.15) is 5.10 Å². The van der Waals surface area contributed by atoms with E-state index in [4.69, 9.17) is 5.11 Å². The lowest BCUT2D eigenvalue weighted by molar-refractivity contribution is -0.131. The average Bonchev–Trinajstić information content (AvgIpc) is 3.19. The summed E-state index contributed by atoms with van der Waals surface area (Å²) in [6.07, 6.45) is 4.77. The molecular weight excluding hydrogens is 296 g/mol. The van der Waals surface area contributed by atoms with Crippen LogP contribution in [0.3, 0.4) is 0 Å². The number of aromatic nitrogens is 3. The molecule has 1 amide bonds. The van der Waals surface area contributed by atoms with Crippen molar-refractivity contribution in [3.63, 3.8) is 0 Å². The molecule has 0 radical (unpaired) electrons. The van der Waals surface area contributed by atoms with E-state index in [2.05, 4.69) is 10.1 Å². The lowest BCUT2D eigenvalue weighted by Gasteiger charge is -2.16. The maximum atomic E-state index is 12.2. The molecule has 1 aliphatic rings. The van der Waals surface area contributed by atoms with Crippen LogP contribution in [0.5, 0.6) is 0 Å². The first-order chi connectivity index (χ1) is 11.1. The Kier molecular flexibility index (Phi) is 4.36. The highest BCUT2D eigenvalue weighted by Crippen LogP contribution is 2.21. The molecule has 120 valence electrons. The van der Waals surface area contributed by atoms with E-state index in [0.717, 1.165) is 31.5 Å². The number of carbonyl (C=O) groups is 2. The molecule has 0 spiro atoms. The Hall–Kier alpha value is -2.70. The summed E-state index contributed by atoms with van der Waals surface area (Å²) in [5, 5.41) is 12.9. The summed E-state index contributed by atoms with van der Waals surface area (Å²) >= 11 is 0. The van der Waals surface area contributed by atoms with Gasteiger partial charge in [-0.15, -0.1) is 0 Å². The van der Waals surface area contributed by atoms with Crippen LogP contribution >= 0.6 is 0 Å². The Labute approximate surface area is 133 Å². The van der Waals surface area contributed by atoms with Crippen LogP contribution < -0.4 is 0 Å². The number of hydrogen-bond donors (Lipinski definition) is 1. The lowest BCUT2D eigenvalue weighted by atomic mass is 9.98. The molecule has 1 aliphatic heterocycles. The van der Waals surface area contributed by atoms with Crippen LogP contribution in [-0.2, 0) is 17.8 Å². The smallest absolute Gasteiger partial charge is 0.335 e. The molecule has 0 aliphatic carbocycles. The minimum absolute atomic E-state index is 0.0548. The molecular formula is C16H18N4O3. The molecule has 2 heterocycles. The van der Waals surface area contributed by atoms with Crippen molar-refractivity contribution in [1.29, 1.82) is 0 Å². The van der Waals surface area contributed by atoms with Gasteiger partial charge in [0, 0.05) is 13.1 Å². The zero-order valence-electron chi connectivity index (χ0n) is 12.6. The largest absolute Gasteiger partial charge is 0.478 e. The third-order valence-electron chi connectivity index (χ3n) is 4.13. The normalized spacial score (nSPS) is 17.4. The number of benzene rings is 1. The summed E-state index contributed by atoms with van der Waals surface area (Å²) in [7, 11) is 0. The van der Waals surface area contributed by atoms with Crippen molar-refractivity contribution < 1.29 is 14.7 Å². The Bertz CT molecular complexity index is 682.